The third-order valence-corrected chi connectivity index (χ3v) is 2.18. The molecular formula is C6H12FNS. The van der Waals surface area contributed by atoms with Crippen molar-refractivity contribution in [3.05, 3.63) is 0 Å². The van der Waals surface area contributed by atoms with Gasteiger partial charge in [-0.3, -0.25) is 4.31 Å². The Bertz CT molecular complexity index is 95.2. The molecule has 54 valence electrons. The molecule has 0 aromatic heterocycles. The molecule has 1 rings (SSSR count). The molecule has 0 atom stereocenters. The molecule has 0 aliphatic carbocycles. The number of rotatable bonds is 0. The Kier molecular flexibility index (Phi) is 2.01. The maximum atomic E-state index is 13.0. The van der Waals surface area contributed by atoms with Crippen LogP contribution in [0.25, 0.3) is 0 Å². The van der Waals surface area contributed by atoms with Gasteiger partial charge >= 0.3 is 0 Å². The quantitative estimate of drug-likeness (QED) is 0.513. The lowest BCUT2D eigenvalue weighted by Gasteiger charge is -2.30. The first-order chi connectivity index (χ1) is 4.10. The Morgan fingerprint density at radius 1 is 1.44 bits per heavy atom. The van der Waals surface area contributed by atoms with Crippen LogP contribution in [0.3, 0.4) is 0 Å². The summed E-state index contributed by atoms with van der Waals surface area (Å²) < 4.78 is 14.8. The summed E-state index contributed by atoms with van der Waals surface area (Å²) in [5.74, 6) is 0. The lowest BCUT2D eigenvalue weighted by Crippen LogP contribution is -2.35. The van der Waals surface area contributed by atoms with E-state index in [0.29, 0.717) is 12.8 Å². The van der Waals surface area contributed by atoms with Crippen LogP contribution < -0.4 is 0 Å². The lowest BCUT2D eigenvalue weighted by molar-refractivity contribution is 0.113. The first kappa shape index (κ1) is 7.35. The van der Waals surface area contributed by atoms with Crippen molar-refractivity contribution in [2.24, 2.45) is 0 Å². The van der Waals surface area contributed by atoms with Crippen LogP contribution in [0.1, 0.15) is 19.8 Å². The Hall–Kier alpha value is 0.240. The molecule has 1 fully saturated rings. The van der Waals surface area contributed by atoms with E-state index in [-0.39, 0.29) is 0 Å². The van der Waals surface area contributed by atoms with E-state index in [1.54, 1.807) is 6.92 Å². The second kappa shape index (κ2) is 2.46. The van der Waals surface area contributed by atoms with E-state index < -0.39 is 5.67 Å². The molecule has 0 amide bonds. The predicted octanol–water partition coefficient (Wildman–Crippen LogP) is 1.66. The van der Waals surface area contributed by atoms with Gasteiger partial charge in [-0.25, -0.2) is 4.39 Å². The SMILES string of the molecule is CC1(F)CCN(S)CC1. The molecule has 1 aliphatic heterocycles. The first-order valence-electron chi connectivity index (χ1n) is 3.23. The van der Waals surface area contributed by atoms with Gasteiger partial charge < -0.3 is 0 Å². The number of hydrogen-bond acceptors (Lipinski definition) is 2. The van der Waals surface area contributed by atoms with E-state index >= 15 is 0 Å². The van der Waals surface area contributed by atoms with Crippen LogP contribution in [0.5, 0.6) is 0 Å². The van der Waals surface area contributed by atoms with Crippen molar-refractivity contribution in [2.45, 2.75) is 25.4 Å². The van der Waals surface area contributed by atoms with Crippen molar-refractivity contribution >= 4 is 12.8 Å². The van der Waals surface area contributed by atoms with Gasteiger partial charge in [0.2, 0.25) is 0 Å². The lowest BCUT2D eigenvalue weighted by atomic mass is 9.97. The van der Waals surface area contributed by atoms with Gasteiger partial charge in [0.15, 0.2) is 0 Å². The molecule has 1 saturated heterocycles. The maximum absolute atomic E-state index is 13.0. The van der Waals surface area contributed by atoms with Gasteiger partial charge in [0.05, 0.1) is 0 Å². The van der Waals surface area contributed by atoms with Crippen molar-refractivity contribution in [1.29, 1.82) is 0 Å². The standard InChI is InChI=1S/C6H12FNS/c1-6(7)2-4-8(9)5-3-6/h9H,2-5H2,1H3. The Morgan fingerprint density at radius 3 is 2.22 bits per heavy atom. The summed E-state index contributed by atoms with van der Waals surface area (Å²) in [6.45, 7) is 3.21. The average Bonchev–Trinajstić information content (AvgIpc) is 1.78. The molecule has 1 nitrogen and oxygen atoms in total. The summed E-state index contributed by atoms with van der Waals surface area (Å²) in [4.78, 5) is 0. The fraction of sp³-hybridized carbons (Fsp3) is 1.00. The summed E-state index contributed by atoms with van der Waals surface area (Å²) in [6, 6.07) is 0. The van der Waals surface area contributed by atoms with Gasteiger partial charge in [-0.2, -0.15) is 0 Å². The zero-order valence-corrected chi connectivity index (χ0v) is 6.50. The summed E-state index contributed by atoms with van der Waals surface area (Å²) >= 11 is 4.11. The molecule has 9 heavy (non-hydrogen) atoms. The molecule has 0 N–H and O–H groups in total. The Morgan fingerprint density at radius 2 is 1.89 bits per heavy atom. The monoisotopic (exact) mass is 149 g/mol. The molecule has 0 saturated carbocycles. The van der Waals surface area contributed by atoms with E-state index in [1.807, 2.05) is 4.31 Å². The number of alkyl halides is 1. The van der Waals surface area contributed by atoms with Crippen LogP contribution in [-0.4, -0.2) is 23.1 Å². The molecule has 1 heterocycles. The molecule has 1 aliphatic rings. The fourth-order valence-electron chi connectivity index (χ4n) is 0.961. The van der Waals surface area contributed by atoms with E-state index in [1.165, 1.54) is 0 Å². The smallest absolute Gasteiger partial charge is 0.110 e. The van der Waals surface area contributed by atoms with Crippen LogP contribution >= 0.6 is 12.8 Å². The number of halogens is 1. The van der Waals surface area contributed by atoms with Crippen LogP contribution in [0.15, 0.2) is 0 Å². The largest absolute Gasteiger partial charge is 0.253 e. The molecule has 0 unspecified atom stereocenters. The topological polar surface area (TPSA) is 3.24 Å². The van der Waals surface area contributed by atoms with Gasteiger partial charge in [-0.1, -0.05) is 12.8 Å². The number of piperidine rings is 1. The zero-order chi connectivity index (χ0) is 6.91. The molecule has 0 radical (unpaired) electrons. The highest BCUT2D eigenvalue weighted by Gasteiger charge is 2.27. The van der Waals surface area contributed by atoms with E-state index in [0.717, 1.165) is 13.1 Å². The molecule has 0 bridgehead atoms. The number of thiol groups is 1. The van der Waals surface area contributed by atoms with Gasteiger partial charge in [0, 0.05) is 13.1 Å². The number of nitrogens with zero attached hydrogens (tertiary/aromatic N) is 1. The van der Waals surface area contributed by atoms with Crippen LogP contribution in [0.2, 0.25) is 0 Å². The first-order valence-corrected chi connectivity index (χ1v) is 3.63. The Labute approximate surface area is 60.8 Å². The fourth-order valence-corrected chi connectivity index (χ4v) is 1.16. The summed E-state index contributed by atoms with van der Waals surface area (Å²) in [5.41, 5.74) is -0.931. The van der Waals surface area contributed by atoms with E-state index in [2.05, 4.69) is 12.8 Å². The van der Waals surface area contributed by atoms with E-state index in [9.17, 15) is 4.39 Å². The second-order valence-electron chi connectivity index (χ2n) is 2.87. The van der Waals surface area contributed by atoms with Crippen molar-refractivity contribution in [1.82, 2.24) is 4.31 Å². The summed E-state index contributed by atoms with van der Waals surface area (Å²) in [6.07, 6.45) is 1.24. The van der Waals surface area contributed by atoms with Crippen molar-refractivity contribution < 1.29 is 4.39 Å². The highest BCUT2D eigenvalue weighted by atomic mass is 32.1. The van der Waals surface area contributed by atoms with Crippen molar-refractivity contribution in [3.8, 4) is 0 Å². The predicted molar refractivity (Wildman–Crippen MR) is 39.3 cm³/mol. The molecule has 0 spiro atoms. The van der Waals surface area contributed by atoms with E-state index in [4.69, 9.17) is 0 Å². The van der Waals surface area contributed by atoms with Gasteiger partial charge in [-0.15, -0.1) is 0 Å². The minimum atomic E-state index is -0.931. The molecular weight excluding hydrogens is 137 g/mol. The maximum Gasteiger partial charge on any atom is 0.110 e. The molecule has 3 heteroatoms. The van der Waals surface area contributed by atoms with Gasteiger partial charge in [-0.05, 0) is 19.8 Å². The molecule has 0 aromatic rings. The van der Waals surface area contributed by atoms with Crippen LogP contribution in [0.4, 0.5) is 4.39 Å². The minimum Gasteiger partial charge on any atom is -0.253 e. The van der Waals surface area contributed by atoms with Crippen LogP contribution in [0, 0.1) is 0 Å². The summed E-state index contributed by atoms with van der Waals surface area (Å²) in [5, 5.41) is 0. The third kappa shape index (κ3) is 2.14. The third-order valence-electron chi connectivity index (χ3n) is 1.78. The van der Waals surface area contributed by atoms with Crippen molar-refractivity contribution in [2.75, 3.05) is 13.1 Å². The van der Waals surface area contributed by atoms with Gasteiger partial charge in [0.25, 0.3) is 0 Å². The molecule has 0 aromatic carbocycles. The average molecular weight is 149 g/mol. The van der Waals surface area contributed by atoms with Crippen LogP contribution in [-0.2, 0) is 0 Å². The highest BCUT2D eigenvalue weighted by Crippen LogP contribution is 2.25. The normalized spacial score (nSPS) is 28.3. The summed E-state index contributed by atoms with van der Waals surface area (Å²) in [7, 11) is 0. The Balaban J connectivity index is 2.35. The minimum absolute atomic E-state index is 0.622. The second-order valence-corrected chi connectivity index (χ2v) is 3.43. The zero-order valence-electron chi connectivity index (χ0n) is 5.60. The highest BCUT2D eigenvalue weighted by molar-refractivity contribution is 7.77. The van der Waals surface area contributed by atoms with Gasteiger partial charge in [0.1, 0.15) is 5.67 Å². The number of hydrogen-bond donors (Lipinski definition) is 1. The van der Waals surface area contributed by atoms with Crippen molar-refractivity contribution in [3.63, 3.8) is 0 Å².